The Bertz CT molecular complexity index is 601. The molecule has 0 saturated heterocycles. The van der Waals surface area contributed by atoms with Gasteiger partial charge < -0.3 is 36.8 Å². The van der Waals surface area contributed by atoms with Gasteiger partial charge in [0.05, 0.1) is 38.5 Å². The predicted octanol–water partition coefficient (Wildman–Crippen LogP) is 0.723. The number of hydrogen-bond acceptors (Lipinski definition) is 7. The molecule has 0 atom stereocenters. The summed E-state index contributed by atoms with van der Waals surface area (Å²) >= 11 is 0. The minimum absolute atomic E-state index is 0.227. The number of nitrogens with two attached hydrogens (primary N) is 1. The molecule has 0 radical (unpaired) electrons. The van der Waals surface area contributed by atoms with Crippen molar-refractivity contribution >= 4 is 18.0 Å². The van der Waals surface area contributed by atoms with Gasteiger partial charge in [0.1, 0.15) is 0 Å². The number of hydrogen-bond donors (Lipinski definition) is 7. The van der Waals surface area contributed by atoms with Crippen molar-refractivity contribution in [3.05, 3.63) is 27.8 Å². The molecule has 0 heterocycles. The average Bonchev–Trinajstić information content (AvgIpc) is 2.81. The number of amides is 2. The van der Waals surface area contributed by atoms with Crippen LogP contribution >= 0.6 is 0 Å². The van der Waals surface area contributed by atoms with Crippen LogP contribution in [0.4, 0.5) is 5.69 Å². The first-order chi connectivity index (χ1) is 14.7. The van der Waals surface area contributed by atoms with Gasteiger partial charge in [-0.1, -0.05) is 27.7 Å². The van der Waals surface area contributed by atoms with Gasteiger partial charge in [-0.05, 0) is 49.9 Å². The van der Waals surface area contributed by atoms with Crippen molar-refractivity contribution in [2.75, 3.05) is 32.2 Å². The largest absolute Gasteiger partial charge is 0.398 e. The molecule has 0 fully saturated rings. The van der Waals surface area contributed by atoms with Crippen LogP contribution in [0.3, 0.4) is 0 Å². The maximum Gasteiger partial charge on any atom is 0.252 e. The highest BCUT2D eigenvalue weighted by Gasteiger charge is 2.20. The zero-order valence-corrected chi connectivity index (χ0v) is 20.2. The number of aliphatic hydroxyl groups excluding tert-OH is 4. The molecule has 0 spiro atoms. The molecule has 0 bridgehead atoms. The Morgan fingerprint density at radius 2 is 1.23 bits per heavy atom. The van der Waals surface area contributed by atoms with Crippen molar-refractivity contribution in [3.8, 4) is 0 Å². The van der Waals surface area contributed by atoms with E-state index in [0.29, 0.717) is 17.7 Å². The summed E-state index contributed by atoms with van der Waals surface area (Å²) < 4.78 is 0. The molecule has 0 aliphatic heterocycles. The van der Waals surface area contributed by atoms with Crippen LogP contribution in [0.15, 0.2) is 0 Å². The van der Waals surface area contributed by atoms with E-state index in [-0.39, 0.29) is 32.3 Å². The Balaban J connectivity index is -0.000000548. The third-order valence-corrected chi connectivity index (χ3v) is 4.43. The Morgan fingerprint density at radius 3 is 1.55 bits per heavy atom. The third-order valence-electron chi connectivity index (χ3n) is 4.43. The molecular formula is C22H43N3O6. The number of nitrogens with one attached hydrogen (secondary N) is 2. The van der Waals surface area contributed by atoms with Crippen LogP contribution in [-0.2, 0) is 4.79 Å². The molecule has 0 unspecified atom stereocenters. The van der Waals surface area contributed by atoms with Gasteiger partial charge in [-0.15, -0.1) is 0 Å². The van der Waals surface area contributed by atoms with Crippen LogP contribution in [0.5, 0.6) is 0 Å². The third kappa shape index (κ3) is 11.1. The summed E-state index contributed by atoms with van der Waals surface area (Å²) in [6, 6.07) is -1.17. The summed E-state index contributed by atoms with van der Waals surface area (Å²) in [5.74, 6) is -0.321. The lowest BCUT2D eigenvalue weighted by molar-refractivity contribution is -0.110. The van der Waals surface area contributed by atoms with Crippen LogP contribution in [0.1, 0.15) is 60.3 Å². The van der Waals surface area contributed by atoms with E-state index in [4.69, 9.17) is 26.2 Å². The van der Waals surface area contributed by atoms with Gasteiger partial charge in [-0.3, -0.25) is 9.59 Å². The van der Waals surface area contributed by atoms with Gasteiger partial charge in [-0.2, -0.15) is 0 Å². The lowest BCUT2D eigenvalue weighted by Gasteiger charge is -2.20. The van der Waals surface area contributed by atoms with Crippen LogP contribution in [0, 0.1) is 27.7 Å². The maximum absolute atomic E-state index is 12.2. The normalized spacial score (nSPS) is 9.48. The number of anilines is 1. The second kappa shape index (κ2) is 19.7. The molecule has 1 rings (SSSR count). The molecule has 1 aromatic carbocycles. The summed E-state index contributed by atoms with van der Waals surface area (Å²) in [6.45, 7) is 14.5. The molecule has 182 valence electrons. The van der Waals surface area contributed by atoms with E-state index < -0.39 is 12.1 Å². The minimum Gasteiger partial charge on any atom is -0.398 e. The van der Waals surface area contributed by atoms with Crippen LogP contribution in [-0.4, -0.2) is 71.3 Å². The van der Waals surface area contributed by atoms with E-state index in [2.05, 4.69) is 10.6 Å². The van der Waals surface area contributed by atoms with Crippen molar-refractivity contribution in [1.29, 1.82) is 0 Å². The van der Waals surface area contributed by atoms with E-state index in [9.17, 15) is 9.59 Å². The Morgan fingerprint density at radius 1 is 0.806 bits per heavy atom. The summed E-state index contributed by atoms with van der Waals surface area (Å²) in [6.07, 6.45) is 0.442. The predicted molar refractivity (Wildman–Crippen MR) is 125 cm³/mol. The summed E-state index contributed by atoms with van der Waals surface area (Å²) in [5, 5.41) is 39.4. The maximum atomic E-state index is 12.2. The van der Waals surface area contributed by atoms with E-state index in [1.807, 2.05) is 48.5 Å². The summed E-state index contributed by atoms with van der Waals surface area (Å²) in [7, 11) is 0. The van der Waals surface area contributed by atoms with Gasteiger partial charge >= 0.3 is 0 Å². The number of rotatable bonds is 8. The molecule has 31 heavy (non-hydrogen) atoms. The molecule has 0 aliphatic rings. The Labute approximate surface area is 186 Å². The molecule has 0 saturated carbocycles. The number of carbonyl (C=O) groups is 2. The number of carbonyl (C=O) groups excluding carboxylic acids is 2. The van der Waals surface area contributed by atoms with Gasteiger partial charge in [0.2, 0.25) is 6.41 Å². The van der Waals surface area contributed by atoms with E-state index in [0.717, 1.165) is 22.3 Å². The van der Waals surface area contributed by atoms with E-state index in [1.54, 1.807) is 6.92 Å². The fourth-order valence-electron chi connectivity index (χ4n) is 2.37. The van der Waals surface area contributed by atoms with Gasteiger partial charge in [-0.25, -0.2) is 0 Å². The first kappa shape index (κ1) is 33.4. The van der Waals surface area contributed by atoms with E-state index >= 15 is 0 Å². The highest BCUT2D eigenvalue weighted by Crippen LogP contribution is 2.28. The van der Waals surface area contributed by atoms with E-state index in [1.165, 1.54) is 0 Å². The zero-order chi connectivity index (χ0) is 25.1. The molecular weight excluding hydrogens is 402 g/mol. The van der Waals surface area contributed by atoms with Gasteiger partial charge in [0.25, 0.3) is 5.91 Å². The Kier molecular flexibility index (Phi) is 21.3. The molecule has 9 heteroatoms. The second-order valence-electron chi connectivity index (χ2n) is 6.17. The highest BCUT2D eigenvalue weighted by molar-refractivity contribution is 5.99. The van der Waals surface area contributed by atoms with Gasteiger partial charge in [0.15, 0.2) is 0 Å². The molecule has 8 N–H and O–H groups in total. The highest BCUT2D eigenvalue weighted by atomic mass is 16.3. The summed E-state index contributed by atoms with van der Waals surface area (Å²) in [4.78, 5) is 21.8. The molecule has 2 amide bonds. The smallest absolute Gasteiger partial charge is 0.252 e. The lowest BCUT2D eigenvalue weighted by atomic mass is 9.91. The zero-order valence-electron chi connectivity index (χ0n) is 20.2. The quantitative estimate of drug-likeness (QED) is 0.229. The number of aliphatic hydroxyl groups is 4. The fraction of sp³-hybridized carbons (Fsp3) is 0.636. The first-order valence-electron chi connectivity index (χ1n) is 10.5. The van der Waals surface area contributed by atoms with Crippen molar-refractivity contribution in [2.24, 2.45) is 0 Å². The number of nitrogen functional groups attached to an aromatic ring is 1. The molecule has 0 aromatic heterocycles. The van der Waals surface area contributed by atoms with Crippen LogP contribution < -0.4 is 16.4 Å². The number of benzene rings is 1. The van der Waals surface area contributed by atoms with Crippen molar-refractivity contribution < 1.29 is 30.0 Å². The second-order valence-corrected chi connectivity index (χ2v) is 6.17. The van der Waals surface area contributed by atoms with Crippen LogP contribution in [0.2, 0.25) is 0 Å². The molecule has 1 aromatic rings. The standard InChI is InChI=1S/C14H22N2O3.C4H9NO3.2C2H6/c1-7-8(2)12(10(4)13(15)9(7)3)14(19)16-11(5-17)6-18;6-1-4(2-7)5-3-8;2*1-2/h11,17-18H,5-6,15H2,1-4H3,(H,16,19);3-4,6-7H,1-2H2,(H,5,8);2*1-2H3. The molecule has 0 aliphatic carbocycles. The minimum atomic E-state index is -0.658. The molecule has 9 nitrogen and oxygen atoms in total. The Hall–Kier alpha value is -2.20. The van der Waals surface area contributed by atoms with Crippen molar-refractivity contribution in [3.63, 3.8) is 0 Å². The SMILES string of the molecule is CC.CC.Cc1c(C)c(N)c(C)c(C(=O)NC(CO)CO)c1C.O=CNC(CO)CO. The fourth-order valence-corrected chi connectivity index (χ4v) is 2.37. The average molecular weight is 446 g/mol. The van der Waals surface area contributed by atoms with Crippen molar-refractivity contribution in [1.82, 2.24) is 10.6 Å². The summed E-state index contributed by atoms with van der Waals surface area (Å²) in [5.41, 5.74) is 10.7. The lowest BCUT2D eigenvalue weighted by Crippen LogP contribution is -2.40. The monoisotopic (exact) mass is 445 g/mol. The van der Waals surface area contributed by atoms with Crippen LogP contribution in [0.25, 0.3) is 0 Å². The topological polar surface area (TPSA) is 165 Å². The van der Waals surface area contributed by atoms with Crippen molar-refractivity contribution in [2.45, 2.75) is 67.5 Å². The van der Waals surface area contributed by atoms with Gasteiger partial charge in [0, 0.05) is 11.3 Å². The first-order valence-corrected chi connectivity index (χ1v) is 10.5.